The highest BCUT2D eigenvalue weighted by molar-refractivity contribution is 5.95. The van der Waals surface area contributed by atoms with Crippen molar-refractivity contribution >= 4 is 12.1 Å². The predicted octanol–water partition coefficient (Wildman–Crippen LogP) is 1.98. The third-order valence-corrected chi connectivity index (χ3v) is 1.94. The van der Waals surface area contributed by atoms with Crippen LogP contribution in [0.3, 0.4) is 0 Å². The summed E-state index contributed by atoms with van der Waals surface area (Å²) in [6.07, 6.45) is -0.342. The summed E-state index contributed by atoms with van der Waals surface area (Å²) in [5, 5.41) is 3.21. The Morgan fingerprint density at radius 3 is 2.35 bits per heavy atom. The van der Waals surface area contributed by atoms with E-state index in [4.69, 9.17) is 4.74 Å². The van der Waals surface area contributed by atoms with Crippen LogP contribution < -0.4 is 5.32 Å². The lowest BCUT2D eigenvalue weighted by molar-refractivity contribution is 0.0378. The van der Waals surface area contributed by atoms with E-state index in [0.29, 0.717) is 19.0 Å². The Kier molecular flexibility index (Phi) is 3.69. The van der Waals surface area contributed by atoms with Gasteiger partial charge in [0.15, 0.2) is 0 Å². The van der Waals surface area contributed by atoms with Crippen LogP contribution in [0.15, 0.2) is 4.99 Å². The van der Waals surface area contributed by atoms with E-state index in [1.807, 2.05) is 41.5 Å². The first-order chi connectivity index (χ1) is 7.58. The third kappa shape index (κ3) is 4.63. The molecule has 98 valence electrons. The lowest BCUT2D eigenvalue weighted by atomic mass is 10.1. The predicted molar refractivity (Wildman–Crippen MR) is 68.1 cm³/mol. The highest BCUT2D eigenvalue weighted by Gasteiger charge is 2.30. The van der Waals surface area contributed by atoms with Gasteiger partial charge in [0.2, 0.25) is 5.96 Å². The molecular weight excluding hydrogens is 218 g/mol. The molecule has 1 amide bonds. The molecule has 5 heteroatoms. The molecule has 0 aromatic carbocycles. The van der Waals surface area contributed by atoms with Crippen molar-refractivity contribution in [2.75, 3.05) is 13.1 Å². The minimum Gasteiger partial charge on any atom is -0.443 e. The van der Waals surface area contributed by atoms with Gasteiger partial charge in [-0.15, -0.1) is 0 Å². The second kappa shape index (κ2) is 4.55. The lowest BCUT2D eigenvalue weighted by Gasteiger charge is -2.29. The van der Waals surface area contributed by atoms with E-state index >= 15 is 0 Å². The van der Waals surface area contributed by atoms with Gasteiger partial charge < -0.3 is 10.1 Å². The number of nitrogens with zero attached hydrogens (tertiary/aromatic N) is 2. The Morgan fingerprint density at radius 2 is 1.88 bits per heavy atom. The Hall–Kier alpha value is -1.26. The summed E-state index contributed by atoms with van der Waals surface area (Å²) in [7, 11) is 0. The molecule has 0 saturated heterocycles. The molecule has 5 nitrogen and oxygen atoms in total. The second-order valence-corrected chi connectivity index (χ2v) is 6.21. The van der Waals surface area contributed by atoms with E-state index in [2.05, 4.69) is 10.3 Å². The normalized spacial score (nSPS) is 16.8. The molecular formula is C12H23N3O2. The summed E-state index contributed by atoms with van der Waals surface area (Å²) in [6.45, 7) is 12.9. The molecule has 1 aliphatic rings. The van der Waals surface area contributed by atoms with Crippen LogP contribution in [0.25, 0.3) is 0 Å². The molecule has 1 N–H and O–H groups in total. The van der Waals surface area contributed by atoms with Crippen LogP contribution in [0.1, 0.15) is 41.5 Å². The van der Waals surface area contributed by atoms with E-state index < -0.39 is 5.60 Å². The van der Waals surface area contributed by atoms with Crippen molar-refractivity contribution < 1.29 is 9.53 Å². The number of rotatable bonds is 0. The van der Waals surface area contributed by atoms with Gasteiger partial charge in [-0.3, -0.25) is 4.99 Å². The topological polar surface area (TPSA) is 53.9 Å². The van der Waals surface area contributed by atoms with Crippen LogP contribution >= 0.6 is 0 Å². The minimum absolute atomic E-state index is 0.122. The zero-order chi connectivity index (χ0) is 13.3. The highest BCUT2D eigenvalue weighted by Crippen LogP contribution is 2.13. The average molecular weight is 241 g/mol. The number of aliphatic imine (C=N–C) groups is 1. The third-order valence-electron chi connectivity index (χ3n) is 1.94. The van der Waals surface area contributed by atoms with Gasteiger partial charge in [-0.2, -0.15) is 0 Å². The summed E-state index contributed by atoms with van der Waals surface area (Å²) >= 11 is 0. The summed E-state index contributed by atoms with van der Waals surface area (Å²) in [6, 6.07) is 0. The molecule has 0 atom stereocenters. The number of hydrogen-bond acceptors (Lipinski definition) is 4. The Balaban J connectivity index is 2.66. The number of amides is 1. The number of guanidine groups is 1. The molecule has 1 aliphatic heterocycles. The van der Waals surface area contributed by atoms with Crippen molar-refractivity contribution in [1.82, 2.24) is 10.2 Å². The Bertz CT molecular complexity index is 324. The first-order valence-corrected chi connectivity index (χ1v) is 5.92. The fourth-order valence-electron chi connectivity index (χ4n) is 1.38. The zero-order valence-electron chi connectivity index (χ0n) is 11.6. The fraction of sp³-hybridized carbons (Fsp3) is 0.833. The van der Waals surface area contributed by atoms with Crippen LogP contribution in [0.4, 0.5) is 4.79 Å². The van der Waals surface area contributed by atoms with Gasteiger partial charge in [0.1, 0.15) is 5.60 Å². The maximum absolute atomic E-state index is 11.9. The SMILES string of the molecule is CC(C)(C)NC1=NCCN1C(=O)OC(C)(C)C. The van der Waals surface area contributed by atoms with Gasteiger partial charge in [-0.1, -0.05) is 0 Å². The van der Waals surface area contributed by atoms with Crippen molar-refractivity contribution in [2.45, 2.75) is 52.7 Å². The van der Waals surface area contributed by atoms with E-state index in [1.54, 1.807) is 4.90 Å². The summed E-state index contributed by atoms with van der Waals surface area (Å²) in [4.78, 5) is 17.8. The molecule has 0 aromatic rings. The van der Waals surface area contributed by atoms with E-state index in [-0.39, 0.29) is 11.6 Å². The molecule has 0 spiro atoms. The van der Waals surface area contributed by atoms with Crippen molar-refractivity contribution in [3.63, 3.8) is 0 Å². The van der Waals surface area contributed by atoms with Crippen molar-refractivity contribution in [3.05, 3.63) is 0 Å². The number of carbonyl (C=O) groups is 1. The largest absolute Gasteiger partial charge is 0.443 e. The van der Waals surface area contributed by atoms with Crippen LogP contribution in [0, 0.1) is 0 Å². The molecule has 0 fully saturated rings. The standard InChI is InChI=1S/C12H23N3O2/c1-11(2,3)14-9-13-7-8-15(9)10(16)17-12(4,5)6/h7-8H2,1-6H3,(H,13,14). The maximum Gasteiger partial charge on any atom is 0.417 e. The number of hydrogen-bond donors (Lipinski definition) is 1. The van der Waals surface area contributed by atoms with Gasteiger partial charge in [0.25, 0.3) is 0 Å². The highest BCUT2D eigenvalue weighted by atomic mass is 16.6. The van der Waals surface area contributed by atoms with E-state index in [9.17, 15) is 4.79 Å². The van der Waals surface area contributed by atoms with Crippen LogP contribution in [-0.4, -0.2) is 41.2 Å². The molecule has 0 unspecified atom stereocenters. The molecule has 0 saturated carbocycles. The Morgan fingerprint density at radius 1 is 1.29 bits per heavy atom. The van der Waals surface area contributed by atoms with Gasteiger partial charge in [0, 0.05) is 5.54 Å². The zero-order valence-corrected chi connectivity index (χ0v) is 11.6. The van der Waals surface area contributed by atoms with Gasteiger partial charge in [-0.25, -0.2) is 9.69 Å². The van der Waals surface area contributed by atoms with Crippen molar-refractivity contribution in [2.24, 2.45) is 4.99 Å². The molecule has 17 heavy (non-hydrogen) atoms. The molecule has 0 aliphatic carbocycles. The Labute approximate surface area is 103 Å². The van der Waals surface area contributed by atoms with Gasteiger partial charge >= 0.3 is 6.09 Å². The summed E-state index contributed by atoms with van der Waals surface area (Å²) in [5.41, 5.74) is -0.601. The molecule has 1 rings (SSSR count). The number of ether oxygens (including phenoxy) is 1. The summed E-state index contributed by atoms with van der Waals surface area (Å²) in [5.74, 6) is 0.603. The van der Waals surface area contributed by atoms with Crippen LogP contribution in [0.5, 0.6) is 0 Å². The molecule has 0 aromatic heterocycles. The summed E-state index contributed by atoms with van der Waals surface area (Å²) < 4.78 is 5.33. The first-order valence-electron chi connectivity index (χ1n) is 5.92. The minimum atomic E-state index is -0.480. The number of carbonyl (C=O) groups excluding carboxylic acids is 1. The molecule has 0 radical (unpaired) electrons. The lowest BCUT2D eigenvalue weighted by Crippen LogP contribution is -2.50. The monoisotopic (exact) mass is 241 g/mol. The van der Waals surface area contributed by atoms with E-state index in [1.165, 1.54) is 0 Å². The number of nitrogens with one attached hydrogen (secondary N) is 1. The van der Waals surface area contributed by atoms with Crippen molar-refractivity contribution in [3.8, 4) is 0 Å². The average Bonchev–Trinajstić information content (AvgIpc) is 2.45. The second-order valence-electron chi connectivity index (χ2n) is 6.21. The molecule has 0 bridgehead atoms. The van der Waals surface area contributed by atoms with Gasteiger partial charge in [-0.05, 0) is 41.5 Å². The van der Waals surface area contributed by atoms with Crippen molar-refractivity contribution in [1.29, 1.82) is 0 Å². The fourth-order valence-corrected chi connectivity index (χ4v) is 1.38. The van der Waals surface area contributed by atoms with Crippen LogP contribution in [-0.2, 0) is 4.74 Å². The smallest absolute Gasteiger partial charge is 0.417 e. The first kappa shape index (κ1) is 13.8. The van der Waals surface area contributed by atoms with Crippen LogP contribution in [0.2, 0.25) is 0 Å². The van der Waals surface area contributed by atoms with Gasteiger partial charge in [0.05, 0.1) is 13.1 Å². The maximum atomic E-state index is 11.9. The molecule has 1 heterocycles. The quantitative estimate of drug-likeness (QED) is 0.705. The van der Waals surface area contributed by atoms with E-state index in [0.717, 1.165) is 0 Å².